The molecule has 2 aromatic rings. The summed E-state index contributed by atoms with van der Waals surface area (Å²) in [6.07, 6.45) is -0.634. The van der Waals surface area contributed by atoms with E-state index in [4.69, 9.17) is 9.47 Å². The minimum absolute atomic E-state index is 0.170. The zero-order chi connectivity index (χ0) is 19.3. The molecule has 2 rings (SSSR count). The number of nitrogens with zero attached hydrogens (tertiary/aromatic N) is 1. The Morgan fingerprint density at radius 3 is 2.50 bits per heavy atom. The number of carbonyl (C=O) groups excluding carboxylic acids is 1. The summed E-state index contributed by atoms with van der Waals surface area (Å²) in [6, 6.07) is 12.4. The number of halogens is 1. The zero-order valence-corrected chi connectivity index (χ0v) is 16.0. The van der Waals surface area contributed by atoms with Crippen LogP contribution in [0.2, 0.25) is 0 Å². The van der Waals surface area contributed by atoms with Crippen molar-refractivity contribution in [1.82, 2.24) is 4.90 Å². The molecule has 1 unspecified atom stereocenters. The minimum Gasteiger partial charge on any atom is -0.494 e. The van der Waals surface area contributed by atoms with E-state index in [1.54, 1.807) is 26.1 Å². The predicted molar refractivity (Wildman–Crippen MR) is 100 cm³/mol. The van der Waals surface area contributed by atoms with E-state index < -0.39 is 11.9 Å². The van der Waals surface area contributed by atoms with Crippen molar-refractivity contribution < 1.29 is 18.7 Å². The molecule has 2 aromatic carbocycles. The summed E-state index contributed by atoms with van der Waals surface area (Å²) in [4.78, 5) is 14.1. The van der Waals surface area contributed by atoms with Gasteiger partial charge in [-0.25, -0.2) is 4.39 Å². The summed E-state index contributed by atoms with van der Waals surface area (Å²) in [7, 11) is 3.09. The Hall–Kier alpha value is -2.56. The maximum atomic E-state index is 13.8. The van der Waals surface area contributed by atoms with Gasteiger partial charge in [0.2, 0.25) is 0 Å². The van der Waals surface area contributed by atoms with Gasteiger partial charge in [0, 0.05) is 13.6 Å². The first-order chi connectivity index (χ1) is 12.3. The number of carbonyl (C=O) groups is 1. The zero-order valence-electron chi connectivity index (χ0n) is 16.0. The second kappa shape index (κ2) is 8.70. The summed E-state index contributed by atoms with van der Waals surface area (Å²) in [5, 5.41) is 0. The molecule has 0 aliphatic carbocycles. The van der Waals surface area contributed by atoms with Crippen molar-refractivity contribution in [3.05, 3.63) is 59.4 Å². The third-order valence-corrected chi connectivity index (χ3v) is 4.20. The fourth-order valence-corrected chi connectivity index (χ4v) is 2.67. The number of ether oxygens (including phenoxy) is 2. The third kappa shape index (κ3) is 4.97. The largest absolute Gasteiger partial charge is 0.494 e. The average Bonchev–Trinajstić information content (AvgIpc) is 2.61. The van der Waals surface area contributed by atoms with Gasteiger partial charge in [-0.2, -0.15) is 0 Å². The van der Waals surface area contributed by atoms with E-state index in [0.29, 0.717) is 23.8 Å². The first-order valence-corrected chi connectivity index (χ1v) is 8.65. The van der Waals surface area contributed by atoms with Gasteiger partial charge >= 0.3 is 0 Å². The molecule has 1 atom stereocenters. The van der Waals surface area contributed by atoms with Crippen molar-refractivity contribution in [2.75, 3.05) is 14.2 Å². The Bertz CT molecular complexity index is 761. The highest BCUT2D eigenvalue weighted by Gasteiger charge is 2.20. The van der Waals surface area contributed by atoms with Gasteiger partial charge in [-0.1, -0.05) is 32.0 Å². The Kier molecular flexibility index (Phi) is 6.61. The van der Waals surface area contributed by atoms with Gasteiger partial charge in [0.25, 0.3) is 5.91 Å². The van der Waals surface area contributed by atoms with Crippen molar-refractivity contribution in [3.63, 3.8) is 0 Å². The topological polar surface area (TPSA) is 38.8 Å². The number of methoxy groups -OCH3 is 1. The predicted octanol–water partition coefficient (Wildman–Crippen LogP) is 4.38. The highest BCUT2D eigenvalue weighted by molar-refractivity contribution is 5.80. The van der Waals surface area contributed by atoms with Crippen LogP contribution in [0, 0.1) is 5.82 Å². The smallest absolute Gasteiger partial charge is 0.263 e. The summed E-state index contributed by atoms with van der Waals surface area (Å²) in [5.74, 6) is 0.624. The molecule has 0 spiro atoms. The Balaban J connectivity index is 2.00. The number of benzene rings is 2. The van der Waals surface area contributed by atoms with Crippen LogP contribution in [0.4, 0.5) is 4.39 Å². The molecule has 0 aliphatic heterocycles. The number of amides is 1. The summed E-state index contributed by atoms with van der Waals surface area (Å²) in [5.41, 5.74) is 1.84. The lowest BCUT2D eigenvalue weighted by Gasteiger charge is -2.22. The molecular formula is C21H26FNO3. The molecular weight excluding hydrogens is 333 g/mol. The van der Waals surface area contributed by atoms with Crippen LogP contribution < -0.4 is 9.47 Å². The first kappa shape index (κ1) is 19.8. The van der Waals surface area contributed by atoms with Crippen LogP contribution in [0.15, 0.2) is 42.5 Å². The Morgan fingerprint density at radius 1 is 1.15 bits per heavy atom. The molecule has 1 amide bonds. The second-order valence-electron chi connectivity index (χ2n) is 6.65. The fourth-order valence-electron chi connectivity index (χ4n) is 2.67. The standard InChI is InChI=1S/C21H26FNO3/c1-14(2)17-7-6-8-18(12-17)26-15(3)21(24)23(4)13-16-9-10-20(25-5)19(22)11-16/h6-12,14-15H,13H2,1-5H3. The van der Waals surface area contributed by atoms with Crippen molar-refractivity contribution in [1.29, 1.82) is 0 Å². The second-order valence-corrected chi connectivity index (χ2v) is 6.65. The van der Waals surface area contributed by atoms with Crippen molar-refractivity contribution in [3.8, 4) is 11.5 Å². The van der Waals surface area contributed by atoms with Crippen LogP contribution in [0.3, 0.4) is 0 Å². The average molecular weight is 359 g/mol. The van der Waals surface area contributed by atoms with Gasteiger partial charge in [0.1, 0.15) is 5.75 Å². The lowest BCUT2D eigenvalue weighted by Crippen LogP contribution is -2.37. The van der Waals surface area contributed by atoms with E-state index >= 15 is 0 Å². The summed E-state index contributed by atoms with van der Waals surface area (Å²) in [6.45, 7) is 6.22. The van der Waals surface area contributed by atoms with E-state index in [2.05, 4.69) is 13.8 Å². The van der Waals surface area contributed by atoms with E-state index in [1.807, 2.05) is 24.3 Å². The summed E-state index contributed by atoms with van der Waals surface area (Å²) < 4.78 is 24.5. The van der Waals surface area contributed by atoms with Gasteiger partial charge in [-0.05, 0) is 48.2 Å². The number of hydrogen-bond acceptors (Lipinski definition) is 3. The molecule has 0 saturated carbocycles. The molecule has 5 heteroatoms. The van der Waals surface area contributed by atoms with E-state index in [0.717, 1.165) is 5.56 Å². The highest BCUT2D eigenvalue weighted by atomic mass is 19.1. The molecule has 140 valence electrons. The quantitative estimate of drug-likeness (QED) is 0.736. The Morgan fingerprint density at radius 2 is 1.88 bits per heavy atom. The van der Waals surface area contributed by atoms with E-state index in [9.17, 15) is 9.18 Å². The van der Waals surface area contributed by atoms with Crippen molar-refractivity contribution in [2.24, 2.45) is 0 Å². The van der Waals surface area contributed by atoms with Gasteiger partial charge in [0.05, 0.1) is 7.11 Å². The monoisotopic (exact) mass is 359 g/mol. The molecule has 0 saturated heterocycles. The van der Waals surface area contributed by atoms with Crippen LogP contribution in [0.25, 0.3) is 0 Å². The van der Waals surface area contributed by atoms with Crippen LogP contribution in [-0.2, 0) is 11.3 Å². The van der Waals surface area contributed by atoms with Crippen LogP contribution >= 0.6 is 0 Å². The lowest BCUT2D eigenvalue weighted by atomic mass is 10.0. The molecule has 26 heavy (non-hydrogen) atoms. The van der Waals surface area contributed by atoms with Crippen molar-refractivity contribution in [2.45, 2.75) is 39.3 Å². The maximum Gasteiger partial charge on any atom is 0.263 e. The SMILES string of the molecule is COc1ccc(CN(C)C(=O)C(C)Oc2cccc(C(C)C)c2)cc1F. The molecule has 0 radical (unpaired) electrons. The third-order valence-electron chi connectivity index (χ3n) is 4.20. The molecule has 0 bridgehead atoms. The lowest BCUT2D eigenvalue weighted by molar-refractivity contribution is -0.137. The number of rotatable bonds is 7. The van der Waals surface area contributed by atoms with Gasteiger partial charge < -0.3 is 14.4 Å². The molecule has 0 aromatic heterocycles. The van der Waals surface area contributed by atoms with Crippen LogP contribution in [-0.4, -0.2) is 31.1 Å². The fraction of sp³-hybridized carbons (Fsp3) is 0.381. The van der Waals surface area contributed by atoms with Crippen LogP contribution in [0.5, 0.6) is 11.5 Å². The van der Waals surface area contributed by atoms with Gasteiger partial charge in [-0.3, -0.25) is 4.79 Å². The highest BCUT2D eigenvalue weighted by Crippen LogP contribution is 2.22. The van der Waals surface area contributed by atoms with Crippen LogP contribution in [0.1, 0.15) is 37.8 Å². The molecule has 0 N–H and O–H groups in total. The minimum atomic E-state index is -0.634. The number of likely N-dealkylation sites (N-methyl/N-ethyl adjacent to an activating group) is 1. The first-order valence-electron chi connectivity index (χ1n) is 8.65. The normalized spacial score (nSPS) is 12.0. The number of hydrogen-bond donors (Lipinski definition) is 0. The molecule has 0 heterocycles. The van der Waals surface area contributed by atoms with E-state index in [1.165, 1.54) is 18.1 Å². The van der Waals surface area contributed by atoms with E-state index in [-0.39, 0.29) is 11.7 Å². The molecule has 0 aliphatic rings. The Labute approximate surface area is 154 Å². The van der Waals surface area contributed by atoms with Gasteiger partial charge in [0.15, 0.2) is 17.7 Å². The summed E-state index contributed by atoms with van der Waals surface area (Å²) >= 11 is 0. The molecule has 0 fully saturated rings. The maximum absolute atomic E-state index is 13.8. The van der Waals surface area contributed by atoms with Crippen molar-refractivity contribution >= 4 is 5.91 Å². The molecule has 4 nitrogen and oxygen atoms in total. The van der Waals surface area contributed by atoms with Gasteiger partial charge in [-0.15, -0.1) is 0 Å².